The summed E-state index contributed by atoms with van der Waals surface area (Å²) in [5.74, 6) is 0.173. The Morgan fingerprint density at radius 3 is 2.00 bits per heavy atom. The number of hydrogen-bond donors (Lipinski definition) is 1. The molecule has 1 aliphatic heterocycles. The zero-order valence-corrected chi connectivity index (χ0v) is 19.0. The van der Waals surface area contributed by atoms with Crippen LogP contribution in [0.5, 0.6) is 0 Å². The van der Waals surface area contributed by atoms with Crippen LogP contribution in [0.2, 0.25) is 0 Å². The zero-order valence-electron chi connectivity index (χ0n) is 19.0. The number of carbonyl (C=O) groups is 1. The van der Waals surface area contributed by atoms with E-state index in [0.29, 0.717) is 12.0 Å². The third-order valence-electron chi connectivity index (χ3n) is 4.81. The Labute approximate surface area is 168 Å². The first-order valence-electron chi connectivity index (χ1n) is 10.1. The van der Waals surface area contributed by atoms with Crippen molar-refractivity contribution in [3.8, 4) is 12.8 Å². The van der Waals surface area contributed by atoms with Crippen LogP contribution in [0.1, 0.15) is 74.1 Å². The van der Waals surface area contributed by atoms with E-state index >= 15 is 0 Å². The Balaban J connectivity index is -0.000000361. The van der Waals surface area contributed by atoms with E-state index in [1.807, 2.05) is 44.7 Å². The number of rotatable bonds is 6. The van der Waals surface area contributed by atoms with E-state index in [2.05, 4.69) is 32.0 Å². The van der Waals surface area contributed by atoms with Crippen LogP contribution in [0.4, 0.5) is 4.39 Å². The van der Waals surface area contributed by atoms with Gasteiger partial charge in [-0.2, -0.15) is 0 Å². The molecule has 1 rings (SSSR count). The molecule has 0 bridgehead atoms. The fourth-order valence-electron chi connectivity index (χ4n) is 2.90. The quantitative estimate of drug-likeness (QED) is 0.469. The van der Waals surface area contributed by atoms with Gasteiger partial charge in [-0.1, -0.05) is 46.8 Å². The zero-order chi connectivity index (χ0) is 21.9. The molecule has 0 aromatic carbocycles. The number of halogens is 1. The highest BCUT2D eigenvalue weighted by atomic mass is 19.1. The minimum atomic E-state index is -0.0619. The van der Waals surface area contributed by atoms with E-state index in [1.165, 1.54) is 19.3 Å². The Morgan fingerprint density at radius 2 is 1.74 bits per heavy atom. The number of terminal acetylenes is 1. The van der Waals surface area contributed by atoms with E-state index in [4.69, 9.17) is 0 Å². The molecular weight excluding hydrogens is 339 g/mol. The van der Waals surface area contributed by atoms with Gasteiger partial charge in [-0.05, 0) is 50.6 Å². The first kappa shape index (κ1) is 30.1. The number of hydrogen-bond acceptors (Lipinski definition) is 2. The van der Waals surface area contributed by atoms with E-state index < -0.39 is 0 Å². The maximum absolute atomic E-state index is 13.0. The summed E-state index contributed by atoms with van der Waals surface area (Å²) in [6, 6.07) is 0. The number of carbonyl (C=O) groups excluding carboxylic acids is 1. The molecule has 1 N–H and O–H groups in total. The molecule has 27 heavy (non-hydrogen) atoms. The first-order valence-corrected chi connectivity index (χ1v) is 10.1. The second-order valence-corrected chi connectivity index (χ2v) is 6.21. The van der Waals surface area contributed by atoms with E-state index in [0.717, 1.165) is 25.1 Å². The molecule has 3 nitrogen and oxygen atoms in total. The maximum atomic E-state index is 13.0. The number of nitrogens with zero attached hydrogens (tertiary/aromatic N) is 1. The maximum Gasteiger partial charge on any atom is 0.219 e. The van der Waals surface area contributed by atoms with Crippen LogP contribution in [0.25, 0.3) is 0 Å². The minimum absolute atomic E-state index is 0.0619. The van der Waals surface area contributed by atoms with Crippen LogP contribution in [-0.4, -0.2) is 37.5 Å². The lowest BCUT2D eigenvalue weighted by molar-refractivity contribution is -0.128. The van der Waals surface area contributed by atoms with Crippen LogP contribution < -0.4 is 5.32 Å². The van der Waals surface area contributed by atoms with Gasteiger partial charge in [-0.15, -0.1) is 12.8 Å². The number of nitrogens with one attached hydrogen (secondary N) is 1. The second kappa shape index (κ2) is 19.2. The summed E-state index contributed by atoms with van der Waals surface area (Å²) >= 11 is 0. The molecule has 1 heterocycles. The molecule has 0 atom stereocenters. The molecule has 1 aliphatic rings. The summed E-state index contributed by atoms with van der Waals surface area (Å²) in [4.78, 5) is 13.1. The molecule has 4 heteroatoms. The van der Waals surface area contributed by atoms with Crippen molar-refractivity contribution in [2.24, 2.45) is 5.41 Å². The van der Waals surface area contributed by atoms with E-state index in [9.17, 15) is 9.18 Å². The third kappa shape index (κ3) is 12.4. The van der Waals surface area contributed by atoms with Gasteiger partial charge in [0.2, 0.25) is 5.91 Å². The molecule has 0 spiro atoms. The van der Waals surface area contributed by atoms with Gasteiger partial charge in [0, 0.05) is 26.6 Å². The molecule has 0 radical (unpaired) electrons. The molecule has 1 fully saturated rings. The first-order chi connectivity index (χ1) is 12.9. The molecule has 1 amide bonds. The Morgan fingerprint density at radius 1 is 1.22 bits per heavy atom. The highest BCUT2D eigenvalue weighted by Crippen LogP contribution is 2.36. The van der Waals surface area contributed by atoms with Gasteiger partial charge in [-0.25, -0.2) is 4.39 Å². The smallest absolute Gasteiger partial charge is 0.219 e. The standard InChI is InChI=1S/C10H19NO.C9H16FN.C2H6.C2H2/c1-4-10(5-2)6-7-11(8-10)9(3)12;1-4-6-8(5-2)9(10)7-11-3;2*1-2/h4-8H2,1-3H3;4,6,11H,5,7H2,1-3H3;1-2H3;1-2H/b;6-4-,9-8+;;. The molecule has 0 unspecified atom stereocenters. The lowest BCUT2D eigenvalue weighted by atomic mass is 9.82. The van der Waals surface area contributed by atoms with Gasteiger partial charge < -0.3 is 10.2 Å². The molecule has 1 saturated heterocycles. The Bertz CT molecular complexity index is 449. The largest absolute Gasteiger partial charge is 0.342 e. The van der Waals surface area contributed by atoms with Crippen LogP contribution in [0.15, 0.2) is 23.6 Å². The second-order valence-electron chi connectivity index (χ2n) is 6.21. The highest BCUT2D eigenvalue weighted by molar-refractivity contribution is 5.73. The fraction of sp³-hybridized carbons (Fsp3) is 0.696. The van der Waals surface area contributed by atoms with Gasteiger partial charge in [0.1, 0.15) is 5.83 Å². The predicted octanol–water partition coefficient (Wildman–Crippen LogP) is 5.74. The molecule has 0 saturated carbocycles. The van der Waals surface area contributed by atoms with Crippen LogP contribution in [0.3, 0.4) is 0 Å². The SMILES string of the molecule is C#C.C/C=C\C(CC)=C(\F)CNC.CC.CCC1(CC)CCN(C(C)=O)C1. The predicted molar refractivity (Wildman–Crippen MR) is 118 cm³/mol. The molecular formula is C23H43FN2O. The Kier molecular flexibility index (Phi) is 21.4. The topological polar surface area (TPSA) is 32.3 Å². The summed E-state index contributed by atoms with van der Waals surface area (Å²) in [6.45, 7) is 16.2. The van der Waals surface area contributed by atoms with Crippen molar-refractivity contribution in [3.63, 3.8) is 0 Å². The number of allylic oxidation sites excluding steroid dienone is 3. The van der Waals surface area contributed by atoms with E-state index in [-0.39, 0.29) is 11.7 Å². The van der Waals surface area contributed by atoms with Crippen molar-refractivity contribution in [3.05, 3.63) is 23.6 Å². The summed E-state index contributed by atoms with van der Waals surface area (Å²) < 4.78 is 13.0. The van der Waals surface area contributed by atoms with Gasteiger partial charge in [-0.3, -0.25) is 4.79 Å². The summed E-state index contributed by atoms with van der Waals surface area (Å²) in [5, 5.41) is 2.77. The van der Waals surface area contributed by atoms with Gasteiger partial charge in [0.05, 0.1) is 0 Å². The molecule has 0 aliphatic carbocycles. The highest BCUT2D eigenvalue weighted by Gasteiger charge is 2.35. The number of amides is 1. The third-order valence-corrected chi connectivity index (χ3v) is 4.81. The van der Waals surface area contributed by atoms with Crippen LogP contribution in [0, 0.1) is 18.3 Å². The molecule has 0 aromatic rings. The lowest BCUT2D eigenvalue weighted by Crippen LogP contribution is -2.29. The van der Waals surface area contributed by atoms with Crippen molar-refractivity contribution in [2.75, 3.05) is 26.7 Å². The van der Waals surface area contributed by atoms with Crippen molar-refractivity contribution in [1.29, 1.82) is 0 Å². The average Bonchev–Trinajstić information content (AvgIpc) is 3.15. The van der Waals surface area contributed by atoms with Crippen molar-refractivity contribution >= 4 is 5.91 Å². The number of likely N-dealkylation sites (N-methyl/N-ethyl adjacent to an activating group) is 1. The van der Waals surface area contributed by atoms with Gasteiger partial charge >= 0.3 is 0 Å². The Hall–Kier alpha value is -1.60. The van der Waals surface area contributed by atoms with E-state index in [1.54, 1.807) is 14.0 Å². The van der Waals surface area contributed by atoms with Crippen LogP contribution in [-0.2, 0) is 4.79 Å². The van der Waals surface area contributed by atoms with Crippen molar-refractivity contribution < 1.29 is 9.18 Å². The monoisotopic (exact) mass is 382 g/mol. The van der Waals surface area contributed by atoms with Crippen molar-refractivity contribution in [2.45, 2.75) is 74.1 Å². The minimum Gasteiger partial charge on any atom is -0.342 e. The molecule has 0 aromatic heterocycles. The summed E-state index contributed by atoms with van der Waals surface area (Å²) in [6.07, 6.45) is 16.0. The lowest BCUT2D eigenvalue weighted by Gasteiger charge is -2.25. The number of likely N-dealkylation sites (tertiary alicyclic amines) is 1. The van der Waals surface area contributed by atoms with Gasteiger partial charge in [0.15, 0.2) is 0 Å². The fourth-order valence-corrected chi connectivity index (χ4v) is 2.90. The van der Waals surface area contributed by atoms with Crippen LogP contribution >= 0.6 is 0 Å². The molecule has 158 valence electrons. The normalized spacial score (nSPS) is 15.4. The van der Waals surface area contributed by atoms with Gasteiger partial charge in [0.25, 0.3) is 0 Å². The van der Waals surface area contributed by atoms with Crippen molar-refractivity contribution in [1.82, 2.24) is 10.2 Å². The summed E-state index contributed by atoms with van der Waals surface area (Å²) in [7, 11) is 1.74. The summed E-state index contributed by atoms with van der Waals surface area (Å²) in [5.41, 5.74) is 1.22. The average molecular weight is 383 g/mol.